The molecule has 2 rings (SSSR count). The fourth-order valence-electron chi connectivity index (χ4n) is 1.97. The number of nitrogens with zero attached hydrogens (tertiary/aromatic N) is 1. The molecule has 0 bridgehead atoms. The van der Waals surface area contributed by atoms with Crippen molar-refractivity contribution in [2.75, 3.05) is 11.9 Å². The van der Waals surface area contributed by atoms with Crippen LogP contribution in [0.1, 0.15) is 23.1 Å². The van der Waals surface area contributed by atoms with E-state index < -0.39 is 0 Å². The van der Waals surface area contributed by atoms with Crippen molar-refractivity contribution in [1.29, 1.82) is 0 Å². The van der Waals surface area contributed by atoms with Gasteiger partial charge < -0.3 is 10.5 Å². The molecule has 0 fully saturated rings. The summed E-state index contributed by atoms with van der Waals surface area (Å²) in [5, 5.41) is 15.6. The molecule has 0 aromatic heterocycles. The molecular weight excluding hydrogens is 176 g/mol. The Labute approximate surface area is 83.4 Å². The van der Waals surface area contributed by atoms with E-state index in [2.05, 4.69) is 36.5 Å². The lowest BCUT2D eigenvalue weighted by molar-refractivity contribution is 0.318. The molecule has 0 atom stereocenters. The molecule has 74 valence electrons. The van der Waals surface area contributed by atoms with Gasteiger partial charge in [-0.1, -0.05) is 16.8 Å². The molecule has 0 saturated heterocycles. The van der Waals surface area contributed by atoms with Crippen molar-refractivity contribution < 1.29 is 5.21 Å². The Morgan fingerprint density at radius 2 is 2.14 bits per heavy atom. The quantitative estimate of drug-likeness (QED) is 0.487. The number of anilines is 1. The summed E-state index contributed by atoms with van der Waals surface area (Å²) in [5.74, 6) is 0. The molecule has 1 aromatic rings. The first kappa shape index (κ1) is 9.06. The van der Waals surface area contributed by atoms with Crippen LogP contribution < -0.4 is 5.32 Å². The van der Waals surface area contributed by atoms with E-state index in [1.54, 1.807) is 0 Å². The number of benzene rings is 1. The SMILES string of the molecule is Cc1cc(C)c2c(c1)/C(=N/O)CCN2. The lowest BCUT2D eigenvalue weighted by Gasteiger charge is -2.21. The monoisotopic (exact) mass is 190 g/mol. The van der Waals surface area contributed by atoms with Crippen LogP contribution in [0.15, 0.2) is 17.3 Å². The maximum absolute atomic E-state index is 8.88. The van der Waals surface area contributed by atoms with Gasteiger partial charge in [-0.05, 0) is 25.5 Å². The van der Waals surface area contributed by atoms with Gasteiger partial charge in [0.2, 0.25) is 0 Å². The molecule has 1 aromatic carbocycles. The minimum Gasteiger partial charge on any atom is -0.411 e. The third-order valence-electron chi connectivity index (χ3n) is 2.58. The van der Waals surface area contributed by atoms with Crippen molar-refractivity contribution in [2.24, 2.45) is 5.16 Å². The van der Waals surface area contributed by atoms with Crippen LogP contribution in [0.3, 0.4) is 0 Å². The normalized spacial score (nSPS) is 17.7. The van der Waals surface area contributed by atoms with E-state index in [1.165, 1.54) is 11.1 Å². The summed E-state index contributed by atoms with van der Waals surface area (Å²) >= 11 is 0. The van der Waals surface area contributed by atoms with E-state index in [1.807, 2.05) is 0 Å². The zero-order chi connectivity index (χ0) is 10.1. The summed E-state index contributed by atoms with van der Waals surface area (Å²) < 4.78 is 0. The van der Waals surface area contributed by atoms with Crippen molar-refractivity contribution in [3.63, 3.8) is 0 Å². The third kappa shape index (κ3) is 1.35. The first-order valence-corrected chi connectivity index (χ1v) is 4.79. The van der Waals surface area contributed by atoms with Gasteiger partial charge in [-0.25, -0.2) is 0 Å². The third-order valence-corrected chi connectivity index (χ3v) is 2.58. The van der Waals surface area contributed by atoms with Crippen molar-refractivity contribution in [3.05, 3.63) is 28.8 Å². The van der Waals surface area contributed by atoms with Gasteiger partial charge in [0.15, 0.2) is 0 Å². The fraction of sp³-hybridized carbons (Fsp3) is 0.364. The summed E-state index contributed by atoms with van der Waals surface area (Å²) in [6.07, 6.45) is 0.784. The molecule has 14 heavy (non-hydrogen) atoms. The largest absolute Gasteiger partial charge is 0.411 e. The van der Waals surface area contributed by atoms with Crippen molar-refractivity contribution >= 4 is 11.4 Å². The average molecular weight is 190 g/mol. The van der Waals surface area contributed by atoms with Crippen LogP contribution >= 0.6 is 0 Å². The molecular formula is C11H14N2O. The first-order valence-electron chi connectivity index (χ1n) is 4.79. The Hall–Kier alpha value is -1.51. The van der Waals surface area contributed by atoms with Crippen LogP contribution in [0.5, 0.6) is 0 Å². The van der Waals surface area contributed by atoms with Crippen molar-refractivity contribution in [3.8, 4) is 0 Å². The van der Waals surface area contributed by atoms with E-state index >= 15 is 0 Å². The van der Waals surface area contributed by atoms with Gasteiger partial charge in [0.25, 0.3) is 0 Å². The zero-order valence-corrected chi connectivity index (χ0v) is 8.46. The maximum atomic E-state index is 8.88. The summed E-state index contributed by atoms with van der Waals surface area (Å²) in [7, 11) is 0. The van der Waals surface area contributed by atoms with Crippen LogP contribution in [-0.4, -0.2) is 17.5 Å². The highest BCUT2D eigenvalue weighted by Crippen LogP contribution is 2.27. The Morgan fingerprint density at radius 1 is 1.36 bits per heavy atom. The number of oxime groups is 1. The molecule has 3 heteroatoms. The van der Waals surface area contributed by atoms with E-state index in [4.69, 9.17) is 5.21 Å². The predicted molar refractivity (Wildman–Crippen MR) is 57.3 cm³/mol. The van der Waals surface area contributed by atoms with Crippen LogP contribution in [0.25, 0.3) is 0 Å². The second-order valence-electron chi connectivity index (χ2n) is 3.73. The highest BCUT2D eigenvalue weighted by Gasteiger charge is 2.17. The molecule has 0 spiro atoms. The Bertz CT molecular complexity index is 397. The second kappa shape index (κ2) is 3.33. The Balaban J connectivity index is 2.62. The van der Waals surface area contributed by atoms with Crippen LogP contribution in [0.2, 0.25) is 0 Å². The van der Waals surface area contributed by atoms with Gasteiger partial charge in [0, 0.05) is 24.2 Å². The number of fused-ring (bicyclic) bond motifs is 1. The molecule has 0 radical (unpaired) electrons. The Morgan fingerprint density at radius 3 is 2.86 bits per heavy atom. The summed E-state index contributed by atoms with van der Waals surface area (Å²) in [6.45, 7) is 4.96. The molecule has 0 aliphatic carbocycles. The van der Waals surface area contributed by atoms with Gasteiger partial charge in [-0.2, -0.15) is 0 Å². The highest BCUT2D eigenvalue weighted by atomic mass is 16.4. The highest BCUT2D eigenvalue weighted by molar-refractivity contribution is 6.07. The zero-order valence-electron chi connectivity index (χ0n) is 8.46. The molecule has 0 saturated carbocycles. The second-order valence-corrected chi connectivity index (χ2v) is 3.73. The number of aryl methyl sites for hydroxylation is 2. The summed E-state index contributed by atoms with van der Waals surface area (Å²) in [4.78, 5) is 0. The molecule has 0 amide bonds. The van der Waals surface area contributed by atoms with Gasteiger partial charge in [0.1, 0.15) is 0 Å². The minimum absolute atomic E-state index is 0.783. The maximum Gasteiger partial charge on any atom is 0.0906 e. The average Bonchev–Trinajstić information content (AvgIpc) is 2.17. The molecule has 3 nitrogen and oxygen atoms in total. The summed E-state index contributed by atoms with van der Waals surface area (Å²) in [5.41, 5.74) is 5.34. The minimum atomic E-state index is 0.783. The standard InChI is InChI=1S/C11H14N2O/c1-7-5-8(2)11-9(6-7)10(13-14)3-4-12-11/h5-6,12,14H,3-4H2,1-2H3/b13-10+. The van der Waals surface area contributed by atoms with E-state index in [-0.39, 0.29) is 0 Å². The number of hydrogen-bond donors (Lipinski definition) is 2. The molecule has 1 aliphatic rings. The molecule has 1 heterocycles. The van der Waals surface area contributed by atoms with Crippen LogP contribution in [0.4, 0.5) is 5.69 Å². The molecule has 0 unspecified atom stereocenters. The fourth-order valence-corrected chi connectivity index (χ4v) is 1.97. The van der Waals surface area contributed by atoms with Crippen LogP contribution in [-0.2, 0) is 0 Å². The van der Waals surface area contributed by atoms with Crippen molar-refractivity contribution in [1.82, 2.24) is 0 Å². The van der Waals surface area contributed by atoms with Gasteiger partial charge in [-0.15, -0.1) is 0 Å². The molecule has 2 N–H and O–H groups in total. The number of nitrogens with one attached hydrogen (secondary N) is 1. The number of rotatable bonds is 0. The Kier molecular flexibility index (Phi) is 2.15. The lowest BCUT2D eigenvalue weighted by atomic mass is 9.96. The predicted octanol–water partition coefficient (Wildman–Crippen LogP) is 2.30. The van der Waals surface area contributed by atoms with E-state index in [9.17, 15) is 0 Å². The van der Waals surface area contributed by atoms with Gasteiger partial charge >= 0.3 is 0 Å². The van der Waals surface area contributed by atoms with Gasteiger partial charge in [0.05, 0.1) is 5.71 Å². The topological polar surface area (TPSA) is 44.6 Å². The van der Waals surface area contributed by atoms with Gasteiger partial charge in [-0.3, -0.25) is 0 Å². The summed E-state index contributed by atoms with van der Waals surface area (Å²) in [6, 6.07) is 4.19. The van der Waals surface area contributed by atoms with Crippen LogP contribution in [0, 0.1) is 13.8 Å². The van der Waals surface area contributed by atoms with E-state index in [0.29, 0.717) is 0 Å². The van der Waals surface area contributed by atoms with E-state index in [0.717, 1.165) is 29.9 Å². The lowest BCUT2D eigenvalue weighted by Crippen LogP contribution is -2.19. The first-order chi connectivity index (χ1) is 6.72. The molecule has 1 aliphatic heterocycles. The number of hydrogen-bond acceptors (Lipinski definition) is 3. The van der Waals surface area contributed by atoms with Crippen molar-refractivity contribution in [2.45, 2.75) is 20.3 Å². The smallest absolute Gasteiger partial charge is 0.0906 e.